The lowest BCUT2D eigenvalue weighted by molar-refractivity contribution is -0.123. The van der Waals surface area contributed by atoms with Crippen LogP contribution in [0.1, 0.15) is 36.5 Å². The molecule has 4 nitrogen and oxygen atoms in total. The predicted molar refractivity (Wildman–Crippen MR) is 108 cm³/mol. The molecule has 0 heterocycles. The molecule has 2 aromatic rings. The molecule has 1 amide bonds. The molecule has 0 bridgehead atoms. The average molecular weight is 436 g/mol. The van der Waals surface area contributed by atoms with Gasteiger partial charge >= 0.3 is 0 Å². The van der Waals surface area contributed by atoms with Gasteiger partial charge in [-0.2, -0.15) is 5.10 Å². The monoisotopic (exact) mass is 434 g/mol. The first-order chi connectivity index (χ1) is 12.5. The van der Waals surface area contributed by atoms with Crippen LogP contribution in [-0.2, 0) is 17.6 Å². The summed E-state index contributed by atoms with van der Waals surface area (Å²) in [4.78, 5) is 12.0. The normalized spacial score (nSPS) is 13.9. The quantitative estimate of drug-likeness (QED) is 0.536. The molecule has 0 spiro atoms. The summed E-state index contributed by atoms with van der Waals surface area (Å²) in [7, 11) is 0. The number of nitrogens with zero attached hydrogens (tertiary/aromatic N) is 1. The first-order valence-electron chi connectivity index (χ1n) is 8.56. The number of carbonyl (C=O) groups is 1. The zero-order valence-corrected chi connectivity index (χ0v) is 16.9. The Morgan fingerprint density at radius 2 is 1.96 bits per heavy atom. The highest BCUT2D eigenvalue weighted by Crippen LogP contribution is 2.27. The first-order valence-corrected chi connectivity index (χ1v) is 9.73. The Hall–Kier alpha value is -1.85. The van der Waals surface area contributed by atoms with Crippen molar-refractivity contribution in [3.05, 3.63) is 62.6 Å². The molecule has 0 radical (unpaired) electrons. The lowest BCUT2D eigenvalue weighted by Gasteiger charge is -2.16. The van der Waals surface area contributed by atoms with Gasteiger partial charge in [0.05, 0.1) is 10.2 Å². The fourth-order valence-electron chi connectivity index (χ4n) is 2.94. The second-order valence-electron chi connectivity index (χ2n) is 6.29. The van der Waals surface area contributed by atoms with Crippen molar-refractivity contribution < 1.29 is 9.53 Å². The minimum absolute atomic E-state index is 0.124. The summed E-state index contributed by atoms with van der Waals surface area (Å²) >= 11 is 9.24. The van der Waals surface area contributed by atoms with Crippen molar-refractivity contribution in [2.45, 2.75) is 32.6 Å². The number of benzene rings is 2. The summed E-state index contributed by atoms with van der Waals surface area (Å²) in [5.41, 5.74) is 7.18. The van der Waals surface area contributed by atoms with E-state index in [4.69, 9.17) is 16.3 Å². The van der Waals surface area contributed by atoms with Crippen LogP contribution in [0.2, 0.25) is 5.02 Å². The summed E-state index contributed by atoms with van der Waals surface area (Å²) in [6.07, 6.45) is 4.77. The third-order valence-electron chi connectivity index (χ3n) is 4.37. The van der Waals surface area contributed by atoms with E-state index in [1.807, 2.05) is 6.92 Å². The number of rotatable bonds is 5. The Kier molecular flexibility index (Phi) is 6.33. The van der Waals surface area contributed by atoms with E-state index in [1.165, 1.54) is 24.0 Å². The number of aryl methyl sites for hydroxylation is 2. The second kappa shape index (κ2) is 8.69. The largest absolute Gasteiger partial charge is 0.483 e. The first kappa shape index (κ1) is 18.9. The molecule has 2 aromatic carbocycles. The molecule has 0 unspecified atom stereocenters. The number of halogens is 2. The highest BCUT2D eigenvalue weighted by atomic mass is 79.9. The van der Waals surface area contributed by atoms with Crippen molar-refractivity contribution in [3.8, 4) is 5.75 Å². The zero-order chi connectivity index (χ0) is 18.5. The van der Waals surface area contributed by atoms with Crippen LogP contribution in [0.15, 0.2) is 46.0 Å². The molecule has 26 heavy (non-hydrogen) atoms. The molecule has 0 atom stereocenters. The Morgan fingerprint density at radius 3 is 2.73 bits per heavy atom. The number of hydrogen-bond donors (Lipinski definition) is 1. The number of hydrogen-bond acceptors (Lipinski definition) is 3. The molecule has 3 rings (SSSR count). The van der Waals surface area contributed by atoms with Crippen molar-refractivity contribution in [1.29, 1.82) is 0 Å². The Balaban J connectivity index is 1.57. The lowest BCUT2D eigenvalue weighted by atomic mass is 9.90. The van der Waals surface area contributed by atoms with Crippen LogP contribution >= 0.6 is 27.5 Å². The minimum atomic E-state index is -0.316. The molecule has 0 aromatic heterocycles. The summed E-state index contributed by atoms with van der Waals surface area (Å²) in [5.74, 6) is 0.240. The van der Waals surface area contributed by atoms with E-state index in [1.54, 1.807) is 18.2 Å². The molecular weight excluding hydrogens is 416 g/mol. The molecule has 0 saturated heterocycles. The number of nitrogens with one attached hydrogen (secondary N) is 1. The summed E-state index contributed by atoms with van der Waals surface area (Å²) in [6, 6.07) is 11.6. The van der Waals surface area contributed by atoms with Gasteiger partial charge in [-0.15, -0.1) is 0 Å². The summed E-state index contributed by atoms with van der Waals surface area (Å²) in [6.45, 7) is 1.77. The molecular formula is C20H20BrClN2O2. The maximum Gasteiger partial charge on any atom is 0.277 e. The van der Waals surface area contributed by atoms with Gasteiger partial charge in [0.1, 0.15) is 5.75 Å². The van der Waals surface area contributed by atoms with E-state index < -0.39 is 0 Å². The van der Waals surface area contributed by atoms with Crippen LogP contribution in [0.25, 0.3) is 0 Å². The lowest BCUT2D eigenvalue weighted by Crippen LogP contribution is -2.25. The van der Waals surface area contributed by atoms with Crippen LogP contribution in [0.5, 0.6) is 5.75 Å². The van der Waals surface area contributed by atoms with E-state index in [2.05, 4.69) is 44.7 Å². The number of fused-ring (bicyclic) bond motifs is 1. The highest BCUT2D eigenvalue weighted by molar-refractivity contribution is 9.10. The minimum Gasteiger partial charge on any atom is -0.483 e. The van der Waals surface area contributed by atoms with Crippen molar-refractivity contribution in [2.24, 2.45) is 5.10 Å². The molecule has 0 aliphatic heterocycles. The van der Waals surface area contributed by atoms with Crippen molar-refractivity contribution in [2.75, 3.05) is 6.61 Å². The molecule has 6 heteroatoms. The number of amides is 1. The predicted octanol–water partition coefficient (Wildman–Crippen LogP) is 4.90. The van der Waals surface area contributed by atoms with Gasteiger partial charge in [-0.25, -0.2) is 5.43 Å². The zero-order valence-electron chi connectivity index (χ0n) is 14.5. The maximum atomic E-state index is 12.0. The SMILES string of the molecule is CC(=NNC(=O)COc1ccc(Cl)cc1Br)c1ccc2c(c1)CCCC2. The third-order valence-corrected chi connectivity index (χ3v) is 5.22. The van der Waals surface area contributed by atoms with Crippen LogP contribution in [0.4, 0.5) is 0 Å². The van der Waals surface area contributed by atoms with Gasteiger partial charge in [0, 0.05) is 5.02 Å². The summed E-state index contributed by atoms with van der Waals surface area (Å²) < 4.78 is 6.18. The third kappa shape index (κ3) is 4.86. The summed E-state index contributed by atoms with van der Waals surface area (Å²) in [5, 5.41) is 4.79. The van der Waals surface area contributed by atoms with E-state index in [0.29, 0.717) is 15.2 Å². The molecule has 1 aliphatic rings. The number of ether oxygens (including phenoxy) is 1. The van der Waals surface area contributed by atoms with Crippen LogP contribution in [-0.4, -0.2) is 18.2 Å². The van der Waals surface area contributed by atoms with E-state index in [0.717, 1.165) is 24.1 Å². The van der Waals surface area contributed by atoms with E-state index in [-0.39, 0.29) is 12.5 Å². The Bertz CT molecular complexity index is 852. The molecule has 1 aliphatic carbocycles. The number of hydrazone groups is 1. The molecule has 0 fully saturated rings. The highest BCUT2D eigenvalue weighted by Gasteiger charge is 2.11. The van der Waals surface area contributed by atoms with Crippen molar-refractivity contribution >= 4 is 39.1 Å². The van der Waals surface area contributed by atoms with Gasteiger partial charge in [0.15, 0.2) is 6.61 Å². The van der Waals surface area contributed by atoms with Crippen LogP contribution in [0.3, 0.4) is 0 Å². The van der Waals surface area contributed by atoms with Gasteiger partial charge < -0.3 is 4.74 Å². The van der Waals surface area contributed by atoms with E-state index >= 15 is 0 Å². The van der Waals surface area contributed by atoms with Crippen LogP contribution in [0, 0.1) is 0 Å². The van der Waals surface area contributed by atoms with Crippen LogP contribution < -0.4 is 10.2 Å². The average Bonchev–Trinajstić information content (AvgIpc) is 2.65. The van der Waals surface area contributed by atoms with Gasteiger partial charge in [0.2, 0.25) is 0 Å². The smallest absolute Gasteiger partial charge is 0.277 e. The molecule has 0 saturated carbocycles. The van der Waals surface area contributed by atoms with E-state index in [9.17, 15) is 4.79 Å². The Morgan fingerprint density at radius 1 is 1.19 bits per heavy atom. The standard InChI is InChI=1S/C20H20BrClN2O2/c1-13(15-7-6-14-4-2-3-5-16(14)10-15)23-24-20(25)12-26-19-9-8-17(22)11-18(19)21/h6-11H,2-5,12H2,1H3,(H,24,25). The number of carbonyl (C=O) groups excluding carboxylic acids is 1. The van der Waals surface area contributed by atoms with Gasteiger partial charge in [-0.3, -0.25) is 4.79 Å². The second-order valence-corrected chi connectivity index (χ2v) is 7.58. The fraction of sp³-hybridized carbons (Fsp3) is 0.300. The molecule has 1 N–H and O–H groups in total. The topological polar surface area (TPSA) is 50.7 Å². The van der Waals surface area contributed by atoms with Gasteiger partial charge in [-0.1, -0.05) is 23.7 Å². The molecule has 136 valence electrons. The van der Waals surface area contributed by atoms with Gasteiger partial charge in [0.25, 0.3) is 5.91 Å². The van der Waals surface area contributed by atoms with Crippen molar-refractivity contribution in [1.82, 2.24) is 5.43 Å². The maximum absolute atomic E-state index is 12.0. The van der Waals surface area contributed by atoms with Crippen molar-refractivity contribution in [3.63, 3.8) is 0 Å². The fourth-order valence-corrected chi connectivity index (χ4v) is 3.73. The Labute approximate surface area is 166 Å². The van der Waals surface area contributed by atoms with Gasteiger partial charge in [-0.05, 0) is 89.5 Å².